The average molecular weight is 278 g/mol. The van der Waals surface area contributed by atoms with Crippen LogP contribution in [0.2, 0.25) is 0 Å². The first-order valence-corrected chi connectivity index (χ1v) is 6.86. The SMILES string of the molecule is COC(=O)c1nc(N)sc1-c1ccc(C2CC2C)o1. The third kappa shape index (κ3) is 2.12. The fourth-order valence-corrected chi connectivity index (χ4v) is 2.91. The van der Waals surface area contributed by atoms with E-state index in [1.54, 1.807) is 0 Å². The molecule has 2 aromatic heterocycles. The van der Waals surface area contributed by atoms with Crippen LogP contribution in [0.5, 0.6) is 0 Å². The van der Waals surface area contributed by atoms with Crippen LogP contribution in [0.4, 0.5) is 5.13 Å². The number of ether oxygens (including phenoxy) is 1. The molecule has 2 aromatic rings. The molecule has 2 heterocycles. The Morgan fingerprint density at radius 1 is 1.58 bits per heavy atom. The van der Waals surface area contributed by atoms with Crippen molar-refractivity contribution in [2.45, 2.75) is 19.3 Å². The lowest BCUT2D eigenvalue weighted by Gasteiger charge is -1.97. The number of carbonyl (C=O) groups is 1. The number of furan rings is 1. The molecule has 2 N–H and O–H groups in total. The third-order valence-corrected chi connectivity index (χ3v) is 4.25. The molecule has 0 aliphatic heterocycles. The number of methoxy groups -OCH3 is 1. The van der Waals surface area contributed by atoms with Crippen molar-refractivity contribution >= 4 is 22.4 Å². The fourth-order valence-electron chi connectivity index (χ4n) is 2.13. The Bertz CT molecular complexity index is 632. The molecule has 2 atom stereocenters. The average Bonchev–Trinajstić information content (AvgIpc) is 2.83. The number of aromatic nitrogens is 1. The molecule has 0 saturated heterocycles. The summed E-state index contributed by atoms with van der Waals surface area (Å²) in [7, 11) is 1.32. The van der Waals surface area contributed by atoms with Gasteiger partial charge in [-0.3, -0.25) is 0 Å². The summed E-state index contributed by atoms with van der Waals surface area (Å²) in [6.07, 6.45) is 1.15. The van der Waals surface area contributed by atoms with E-state index in [2.05, 4.69) is 11.9 Å². The summed E-state index contributed by atoms with van der Waals surface area (Å²) in [5.41, 5.74) is 5.89. The molecule has 19 heavy (non-hydrogen) atoms. The number of nitrogen functional groups attached to an aromatic ring is 1. The molecule has 0 bridgehead atoms. The maximum absolute atomic E-state index is 11.7. The van der Waals surface area contributed by atoms with Crippen LogP contribution in [0, 0.1) is 5.92 Å². The van der Waals surface area contributed by atoms with Crippen LogP contribution < -0.4 is 5.73 Å². The molecule has 1 aliphatic rings. The van der Waals surface area contributed by atoms with E-state index in [0.717, 1.165) is 12.2 Å². The molecule has 1 aliphatic carbocycles. The fraction of sp³-hybridized carbons (Fsp3) is 0.385. The van der Waals surface area contributed by atoms with Crippen molar-refractivity contribution in [1.82, 2.24) is 4.98 Å². The van der Waals surface area contributed by atoms with Gasteiger partial charge in [0.05, 0.1) is 7.11 Å². The van der Waals surface area contributed by atoms with Crippen LogP contribution in [0.15, 0.2) is 16.5 Å². The molecule has 0 radical (unpaired) electrons. The minimum absolute atomic E-state index is 0.217. The summed E-state index contributed by atoms with van der Waals surface area (Å²) in [5, 5.41) is 0.327. The van der Waals surface area contributed by atoms with Gasteiger partial charge in [-0.1, -0.05) is 18.3 Å². The molecule has 100 valence electrons. The lowest BCUT2D eigenvalue weighted by atomic mass is 10.2. The maximum atomic E-state index is 11.7. The first kappa shape index (κ1) is 12.2. The molecule has 6 heteroatoms. The largest absolute Gasteiger partial charge is 0.464 e. The Labute approximate surface area is 114 Å². The highest BCUT2D eigenvalue weighted by molar-refractivity contribution is 7.19. The summed E-state index contributed by atoms with van der Waals surface area (Å²) >= 11 is 1.23. The van der Waals surface area contributed by atoms with Crippen molar-refractivity contribution in [3.05, 3.63) is 23.6 Å². The van der Waals surface area contributed by atoms with Crippen LogP contribution in [-0.2, 0) is 4.74 Å². The topological polar surface area (TPSA) is 78.3 Å². The Morgan fingerprint density at radius 3 is 2.95 bits per heavy atom. The van der Waals surface area contributed by atoms with E-state index in [0.29, 0.717) is 27.6 Å². The van der Waals surface area contributed by atoms with Crippen LogP contribution in [-0.4, -0.2) is 18.1 Å². The number of nitrogens with zero attached hydrogens (tertiary/aromatic N) is 1. The Balaban J connectivity index is 1.97. The van der Waals surface area contributed by atoms with Crippen LogP contribution in [0.25, 0.3) is 10.6 Å². The summed E-state index contributed by atoms with van der Waals surface area (Å²) in [4.78, 5) is 16.3. The van der Waals surface area contributed by atoms with Gasteiger partial charge >= 0.3 is 5.97 Å². The predicted molar refractivity (Wildman–Crippen MR) is 72.1 cm³/mol. The minimum Gasteiger partial charge on any atom is -0.464 e. The van der Waals surface area contributed by atoms with E-state index < -0.39 is 5.97 Å². The second-order valence-corrected chi connectivity index (χ2v) is 5.77. The lowest BCUT2D eigenvalue weighted by molar-refractivity contribution is 0.0595. The number of thiazole rings is 1. The van der Waals surface area contributed by atoms with E-state index in [4.69, 9.17) is 14.9 Å². The van der Waals surface area contributed by atoms with Gasteiger partial charge in [0, 0.05) is 5.92 Å². The molecule has 0 spiro atoms. The van der Waals surface area contributed by atoms with E-state index in [-0.39, 0.29) is 5.69 Å². The van der Waals surface area contributed by atoms with Gasteiger partial charge in [-0.15, -0.1) is 0 Å². The zero-order valence-electron chi connectivity index (χ0n) is 10.7. The molecule has 1 saturated carbocycles. The van der Waals surface area contributed by atoms with Crippen molar-refractivity contribution in [3.8, 4) is 10.6 Å². The summed E-state index contributed by atoms with van der Waals surface area (Å²) in [6, 6.07) is 3.82. The predicted octanol–water partition coefficient (Wildman–Crippen LogP) is 2.90. The Morgan fingerprint density at radius 2 is 2.32 bits per heavy atom. The van der Waals surface area contributed by atoms with E-state index in [1.165, 1.54) is 18.4 Å². The number of esters is 1. The highest BCUT2D eigenvalue weighted by Gasteiger charge is 2.37. The van der Waals surface area contributed by atoms with Crippen molar-refractivity contribution < 1.29 is 13.9 Å². The van der Waals surface area contributed by atoms with Crippen LogP contribution in [0.1, 0.15) is 35.5 Å². The Kier molecular flexibility index (Phi) is 2.82. The number of nitrogens with two attached hydrogens (primary N) is 1. The van der Waals surface area contributed by atoms with Gasteiger partial charge in [0.2, 0.25) is 0 Å². The zero-order valence-corrected chi connectivity index (χ0v) is 11.5. The summed E-state index contributed by atoms with van der Waals surface area (Å²) < 4.78 is 10.5. The molecular formula is C13H14N2O3S. The van der Waals surface area contributed by atoms with Gasteiger partial charge in [-0.2, -0.15) is 0 Å². The van der Waals surface area contributed by atoms with Gasteiger partial charge in [0.25, 0.3) is 0 Å². The molecule has 3 rings (SSSR count). The van der Waals surface area contributed by atoms with E-state index in [9.17, 15) is 4.79 Å². The molecule has 1 fully saturated rings. The second kappa shape index (κ2) is 4.38. The number of anilines is 1. The monoisotopic (exact) mass is 278 g/mol. The van der Waals surface area contributed by atoms with Crippen LogP contribution >= 0.6 is 11.3 Å². The van der Waals surface area contributed by atoms with E-state index in [1.807, 2.05) is 12.1 Å². The number of hydrogen-bond acceptors (Lipinski definition) is 6. The molecular weight excluding hydrogens is 264 g/mol. The van der Waals surface area contributed by atoms with Gasteiger partial charge in [-0.25, -0.2) is 9.78 Å². The van der Waals surface area contributed by atoms with Crippen LogP contribution in [0.3, 0.4) is 0 Å². The van der Waals surface area contributed by atoms with Gasteiger partial charge in [0.1, 0.15) is 16.4 Å². The number of hydrogen-bond donors (Lipinski definition) is 1. The molecule has 2 unspecified atom stereocenters. The van der Waals surface area contributed by atoms with E-state index >= 15 is 0 Å². The van der Waals surface area contributed by atoms with Crippen molar-refractivity contribution in [2.75, 3.05) is 12.8 Å². The zero-order chi connectivity index (χ0) is 13.6. The van der Waals surface area contributed by atoms with Gasteiger partial charge in [0.15, 0.2) is 10.8 Å². The van der Waals surface area contributed by atoms with Crippen molar-refractivity contribution in [3.63, 3.8) is 0 Å². The molecule has 0 amide bonds. The minimum atomic E-state index is -0.499. The molecule has 0 aromatic carbocycles. The second-order valence-electron chi connectivity index (χ2n) is 4.74. The van der Waals surface area contributed by atoms with Gasteiger partial charge < -0.3 is 14.9 Å². The third-order valence-electron chi connectivity index (χ3n) is 3.35. The lowest BCUT2D eigenvalue weighted by Crippen LogP contribution is -2.03. The highest BCUT2D eigenvalue weighted by atomic mass is 32.1. The summed E-state index contributed by atoms with van der Waals surface area (Å²) in [5.74, 6) is 2.26. The van der Waals surface area contributed by atoms with Crippen molar-refractivity contribution in [2.24, 2.45) is 5.92 Å². The number of rotatable bonds is 3. The molecule has 5 nitrogen and oxygen atoms in total. The first-order chi connectivity index (χ1) is 9.10. The normalized spacial score (nSPS) is 21.4. The quantitative estimate of drug-likeness (QED) is 0.873. The Hall–Kier alpha value is -1.82. The smallest absolute Gasteiger partial charge is 0.358 e. The van der Waals surface area contributed by atoms with Gasteiger partial charge in [-0.05, 0) is 24.5 Å². The van der Waals surface area contributed by atoms with Crippen molar-refractivity contribution in [1.29, 1.82) is 0 Å². The standard InChI is InChI=1S/C13H14N2O3S/c1-6-5-7(6)8-3-4-9(18-8)11-10(12(16)17-2)15-13(14)19-11/h3-4,6-7H,5H2,1-2H3,(H2,14,15). The highest BCUT2D eigenvalue weighted by Crippen LogP contribution is 2.48. The maximum Gasteiger partial charge on any atom is 0.358 e. The first-order valence-electron chi connectivity index (χ1n) is 6.05. The summed E-state index contributed by atoms with van der Waals surface area (Å²) in [6.45, 7) is 2.19. The number of carbonyl (C=O) groups excluding carboxylic acids is 1.